The van der Waals surface area contributed by atoms with Gasteiger partial charge in [0, 0.05) is 37.3 Å². The molecule has 0 unspecified atom stereocenters. The molecule has 0 atom stereocenters. The molecule has 1 aliphatic rings. The summed E-state index contributed by atoms with van der Waals surface area (Å²) in [6, 6.07) is 14.6. The molecular weight excluding hydrogens is 472 g/mol. The van der Waals surface area contributed by atoms with Crippen molar-refractivity contribution in [1.29, 1.82) is 0 Å². The summed E-state index contributed by atoms with van der Waals surface area (Å²) in [6.07, 6.45) is 0. The van der Waals surface area contributed by atoms with Gasteiger partial charge < -0.3 is 14.5 Å². The van der Waals surface area contributed by atoms with Crippen LogP contribution >= 0.6 is 15.9 Å². The SMILES string of the molecule is COc1cccc(C(=O)N2CCN(C(=O)c3ccc(-n4nc(C)c(Br)c4C)cc3)CC2)c1. The van der Waals surface area contributed by atoms with Crippen LogP contribution in [0.15, 0.2) is 53.0 Å². The second-order valence-corrected chi connectivity index (χ2v) is 8.55. The van der Waals surface area contributed by atoms with Gasteiger partial charge in [-0.3, -0.25) is 9.59 Å². The summed E-state index contributed by atoms with van der Waals surface area (Å²) >= 11 is 3.55. The van der Waals surface area contributed by atoms with Crippen LogP contribution in [0.2, 0.25) is 0 Å². The number of ether oxygens (including phenoxy) is 1. The van der Waals surface area contributed by atoms with Gasteiger partial charge in [0.1, 0.15) is 5.75 Å². The van der Waals surface area contributed by atoms with Gasteiger partial charge in [0.05, 0.1) is 28.7 Å². The molecule has 0 N–H and O–H groups in total. The highest BCUT2D eigenvalue weighted by Gasteiger charge is 2.26. The summed E-state index contributed by atoms with van der Waals surface area (Å²) in [6.45, 7) is 5.94. The number of amides is 2. The molecular formula is C24H25BrN4O3. The van der Waals surface area contributed by atoms with Crippen molar-refractivity contribution >= 4 is 27.7 Å². The van der Waals surface area contributed by atoms with Crippen LogP contribution in [0.25, 0.3) is 5.69 Å². The summed E-state index contributed by atoms with van der Waals surface area (Å²) in [7, 11) is 1.58. The van der Waals surface area contributed by atoms with E-state index in [0.29, 0.717) is 43.1 Å². The van der Waals surface area contributed by atoms with Gasteiger partial charge >= 0.3 is 0 Å². The Morgan fingerprint density at radius 3 is 2.03 bits per heavy atom. The number of hydrogen-bond donors (Lipinski definition) is 0. The van der Waals surface area contributed by atoms with Gasteiger partial charge in [0.2, 0.25) is 0 Å². The van der Waals surface area contributed by atoms with Crippen molar-refractivity contribution in [2.75, 3.05) is 33.3 Å². The molecule has 0 spiro atoms. The van der Waals surface area contributed by atoms with E-state index in [4.69, 9.17) is 4.74 Å². The fourth-order valence-electron chi connectivity index (χ4n) is 3.85. The molecule has 7 nitrogen and oxygen atoms in total. The molecule has 2 amide bonds. The summed E-state index contributed by atoms with van der Waals surface area (Å²) in [5, 5.41) is 4.53. The van der Waals surface area contributed by atoms with Crippen LogP contribution in [-0.4, -0.2) is 64.7 Å². The molecule has 0 saturated carbocycles. The van der Waals surface area contributed by atoms with Gasteiger partial charge in [0.15, 0.2) is 0 Å². The van der Waals surface area contributed by atoms with Crippen LogP contribution in [0, 0.1) is 13.8 Å². The molecule has 4 rings (SSSR count). The van der Waals surface area contributed by atoms with Crippen LogP contribution < -0.4 is 4.74 Å². The molecule has 1 fully saturated rings. The lowest BCUT2D eigenvalue weighted by Gasteiger charge is -2.35. The molecule has 1 aliphatic heterocycles. The number of carbonyl (C=O) groups is 2. The van der Waals surface area contributed by atoms with E-state index in [1.165, 1.54) is 0 Å². The average molecular weight is 497 g/mol. The Hall–Kier alpha value is -3.13. The zero-order valence-electron chi connectivity index (χ0n) is 18.3. The number of methoxy groups -OCH3 is 1. The van der Waals surface area contributed by atoms with Crippen LogP contribution in [0.5, 0.6) is 5.75 Å². The summed E-state index contributed by atoms with van der Waals surface area (Å²) in [5.41, 5.74) is 4.06. The Morgan fingerprint density at radius 1 is 0.906 bits per heavy atom. The van der Waals surface area contributed by atoms with Crippen LogP contribution in [0.3, 0.4) is 0 Å². The highest BCUT2D eigenvalue weighted by Crippen LogP contribution is 2.23. The first-order valence-electron chi connectivity index (χ1n) is 10.4. The van der Waals surface area contributed by atoms with Gasteiger partial charge in [-0.15, -0.1) is 0 Å². The second-order valence-electron chi connectivity index (χ2n) is 7.76. The average Bonchev–Trinajstić information content (AvgIpc) is 3.10. The Bertz CT molecular complexity index is 1150. The Balaban J connectivity index is 1.40. The van der Waals surface area contributed by atoms with E-state index in [0.717, 1.165) is 21.5 Å². The number of carbonyl (C=O) groups excluding carboxylic acids is 2. The number of aryl methyl sites for hydroxylation is 1. The van der Waals surface area contributed by atoms with E-state index < -0.39 is 0 Å². The van der Waals surface area contributed by atoms with Crippen molar-refractivity contribution in [2.24, 2.45) is 0 Å². The van der Waals surface area contributed by atoms with Crippen LogP contribution in [0.4, 0.5) is 0 Å². The number of nitrogens with zero attached hydrogens (tertiary/aromatic N) is 4. The van der Waals surface area contributed by atoms with E-state index in [2.05, 4.69) is 21.0 Å². The summed E-state index contributed by atoms with van der Waals surface area (Å²) < 4.78 is 8.05. The molecule has 166 valence electrons. The third kappa shape index (κ3) is 4.27. The van der Waals surface area contributed by atoms with Crippen molar-refractivity contribution in [3.63, 3.8) is 0 Å². The topological polar surface area (TPSA) is 67.7 Å². The molecule has 32 heavy (non-hydrogen) atoms. The number of aromatic nitrogens is 2. The minimum absolute atomic E-state index is 0.0282. The lowest BCUT2D eigenvalue weighted by molar-refractivity contribution is 0.0535. The first kappa shape index (κ1) is 22.1. The number of piperazine rings is 1. The fourth-order valence-corrected chi connectivity index (χ4v) is 4.10. The predicted octanol–water partition coefficient (Wildman–Crippen LogP) is 3.86. The Labute approximate surface area is 195 Å². The maximum Gasteiger partial charge on any atom is 0.254 e. The maximum absolute atomic E-state index is 13.0. The molecule has 0 aliphatic carbocycles. The number of halogens is 1. The quantitative estimate of drug-likeness (QED) is 0.549. The zero-order valence-corrected chi connectivity index (χ0v) is 19.9. The minimum Gasteiger partial charge on any atom is -0.497 e. The largest absolute Gasteiger partial charge is 0.497 e. The smallest absolute Gasteiger partial charge is 0.254 e. The van der Waals surface area contributed by atoms with Crippen LogP contribution in [0.1, 0.15) is 32.1 Å². The highest BCUT2D eigenvalue weighted by atomic mass is 79.9. The number of rotatable bonds is 4. The second kappa shape index (κ2) is 9.16. The highest BCUT2D eigenvalue weighted by molar-refractivity contribution is 9.10. The van der Waals surface area contributed by atoms with Crippen LogP contribution in [-0.2, 0) is 0 Å². The maximum atomic E-state index is 13.0. The molecule has 1 aromatic heterocycles. The standard InChI is InChI=1S/C24H25BrN4O3/c1-16-22(25)17(2)29(26-16)20-9-7-18(8-10-20)23(30)27-11-13-28(14-12-27)24(31)19-5-4-6-21(15-19)32-3/h4-10,15H,11-14H2,1-3H3. The van der Waals surface area contributed by atoms with E-state index >= 15 is 0 Å². The van der Waals surface area contributed by atoms with Gasteiger partial charge in [-0.2, -0.15) is 5.10 Å². The Morgan fingerprint density at radius 2 is 1.50 bits per heavy atom. The minimum atomic E-state index is -0.0450. The Kier molecular flexibility index (Phi) is 6.32. The van der Waals surface area contributed by atoms with Gasteiger partial charge in [-0.25, -0.2) is 4.68 Å². The van der Waals surface area contributed by atoms with Crippen molar-refractivity contribution in [3.8, 4) is 11.4 Å². The van der Waals surface area contributed by atoms with Crippen molar-refractivity contribution in [3.05, 3.63) is 75.5 Å². The van der Waals surface area contributed by atoms with E-state index in [1.54, 1.807) is 35.1 Å². The lowest BCUT2D eigenvalue weighted by atomic mass is 10.1. The lowest BCUT2D eigenvalue weighted by Crippen LogP contribution is -2.50. The van der Waals surface area contributed by atoms with E-state index in [9.17, 15) is 9.59 Å². The number of benzene rings is 2. The molecule has 3 aromatic rings. The third-order valence-corrected chi connectivity index (χ3v) is 6.88. The van der Waals surface area contributed by atoms with Gasteiger partial charge in [0.25, 0.3) is 11.8 Å². The molecule has 8 heteroatoms. The summed E-state index contributed by atoms with van der Waals surface area (Å²) in [5.74, 6) is 0.580. The number of hydrogen-bond acceptors (Lipinski definition) is 4. The molecule has 1 saturated heterocycles. The third-order valence-electron chi connectivity index (χ3n) is 5.73. The van der Waals surface area contributed by atoms with E-state index in [-0.39, 0.29) is 11.8 Å². The van der Waals surface area contributed by atoms with Crippen molar-refractivity contribution in [1.82, 2.24) is 19.6 Å². The van der Waals surface area contributed by atoms with Gasteiger partial charge in [-0.1, -0.05) is 6.07 Å². The molecule has 0 radical (unpaired) electrons. The predicted molar refractivity (Wildman–Crippen MR) is 126 cm³/mol. The first-order chi connectivity index (χ1) is 15.4. The molecule has 2 aromatic carbocycles. The van der Waals surface area contributed by atoms with Crippen molar-refractivity contribution in [2.45, 2.75) is 13.8 Å². The first-order valence-corrected chi connectivity index (χ1v) is 11.2. The van der Waals surface area contributed by atoms with Gasteiger partial charge in [-0.05, 0) is 72.2 Å². The molecule has 2 heterocycles. The van der Waals surface area contributed by atoms with Crippen molar-refractivity contribution < 1.29 is 14.3 Å². The van der Waals surface area contributed by atoms with E-state index in [1.807, 2.05) is 48.9 Å². The molecule has 0 bridgehead atoms. The fraction of sp³-hybridized carbons (Fsp3) is 0.292. The normalized spacial score (nSPS) is 13.9. The summed E-state index contributed by atoms with van der Waals surface area (Å²) in [4.78, 5) is 29.3. The monoisotopic (exact) mass is 496 g/mol. The zero-order chi connectivity index (χ0) is 22.8.